The number of aryl methyl sites for hydroxylation is 2. The number of nitrogens with zero attached hydrogens (tertiary/aromatic N) is 8. The van der Waals surface area contributed by atoms with E-state index in [4.69, 9.17) is 14.4 Å². The average molecular weight is 932 g/mol. The Bertz CT molecular complexity index is 3470. The minimum Gasteiger partial charge on any atom is -0.376 e. The van der Waals surface area contributed by atoms with E-state index in [1.165, 1.54) is 33.9 Å². The summed E-state index contributed by atoms with van der Waals surface area (Å²) in [4.78, 5) is 47.7. The lowest BCUT2D eigenvalue weighted by Gasteiger charge is -2.35. The molecule has 15 nitrogen and oxygen atoms in total. The molecule has 67 heavy (non-hydrogen) atoms. The number of carbonyl (C=O) groups excluding carboxylic acids is 1. The molecule has 1 saturated heterocycles. The molecular formula is C49H51F2N9O6S. The van der Waals surface area contributed by atoms with E-state index >= 15 is 13.6 Å². The molecule has 3 aliphatic heterocycles. The predicted octanol–water partition coefficient (Wildman–Crippen LogP) is 7.57. The van der Waals surface area contributed by atoms with Crippen LogP contribution in [0, 0.1) is 31.4 Å². The van der Waals surface area contributed by atoms with Crippen molar-refractivity contribution >= 4 is 26.5 Å². The van der Waals surface area contributed by atoms with E-state index in [1.807, 2.05) is 17.6 Å². The van der Waals surface area contributed by atoms with Crippen molar-refractivity contribution in [2.24, 2.45) is 10.3 Å². The van der Waals surface area contributed by atoms with Crippen LogP contribution in [-0.2, 0) is 32.8 Å². The van der Waals surface area contributed by atoms with Crippen molar-refractivity contribution in [1.82, 2.24) is 38.5 Å². The standard InChI is InChI=1S/C49H51F2N9O6S/c1-26-20-33(21-27(2)41(26)50)60-43(58-18-17-57(47(58)63)37-10-11-39-34(42(37)51)12-15-52-67(39,7)64)40-29(4)56(16-13-35(40)54-60)44(61)38-23-32-22-30(31-14-19-65-48(5,6)25-31)8-9-36(32)59(38)49(24-28(49)3)45-53-46(62)66-55-45/h8-11,17-18,20-23,28-29,31H,12-16,19,24-25H2,1-7H3,(H,53,55,62)/t28-,29-,31-,49-,67+/m0/s1. The van der Waals surface area contributed by atoms with Gasteiger partial charge in [-0.25, -0.2) is 31.6 Å². The lowest BCUT2D eigenvalue weighted by Crippen LogP contribution is -2.41. The number of carbonyl (C=O) groups is 1. The number of aromatic amines is 1. The summed E-state index contributed by atoms with van der Waals surface area (Å²) in [5, 5.41) is 10.1. The van der Waals surface area contributed by atoms with Gasteiger partial charge in [0.1, 0.15) is 22.9 Å². The summed E-state index contributed by atoms with van der Waals surface area (Å²) in [7, 11) is -2.80. The number of aromatic nitrogens is 7. The van der Waals surface area contributed by atoms with Gasteiger partial charge in [0.15, 0.2) is 11.6 Å². The van der Waals surface area contributed by atoms with Crippen LogP contribution in [0.3, 0.4) is 0 Å². The molecule has 18 heteroatoms. The summed E-state index contributed by atoms with van der Waals surface area (Å²) in [5.74, 6) is -1.07. The maximum Gasteiger partial charge on any atom is 0.438 e. The molecule has 2 fully saturated rings. The molecule has 11 rings (SSSR count). The second kappa shape index (κ2) is 15.1. The molecule has 4 aliphatic rings. The highest BCUT2D eigenvalue weighted by atomic mass is 32.2. The number of imidazole rings is 1. The molecule has 7 heterocycles. The van der Waals surface area contributed by atoms with Crippen LogP contribution in [-0.4, -0.2) is 80.2 Å². The molecule has 7 aromatic rings. The fourth-order valence-corrected chi connectivity index (χ4v) is 12.7. The van der Waals surface area contributed by atoms with Gasteiger partial charge in [0.25, 0.3) is 5.91 Å². The molecule has 0 spiro atoms. The molecule has 4 aromatic heterocycles. The van der Waals surface area contributed by atoms with E-state index in [9.17, 15) is 13.8 Å². The minimum atomic E-state index is -2.80. The third-order valence-electron chi connectivity index (χ3n) is 14.7. The van der Waals surface area contributed by atoms with Crippen molar-refractivity contribution in [3.8, 4) is 17.2 Å². The summed E-state index contributed by atoms with van der Waals surface area (Å²) in [5.41, 5.74) is 3.37. The number of rotatable bonds is 7. The second-order valence-corrected chi connectivity index (χ2v) is 21.8. The number of amides is 1. The topological polar surface area (TPSA) is 168 Å². The Morgan fingerprint density at radius 1 is 0.955 bits per heavy atom. The van der Waals surface area contributed by atoms with Crippen molar-refractivity contribution in [2.45, 2.75) is 102 Å². The number of nitrogens with one attached hydrogen (secondary N) is 1. The van der Waals surface area contributed by atoms with E-state index in [0.717, 1.165) is 29.3 Å². The van der Waals surface area contributed by atoms with Crippen LogP contribution in [0.4, 0.5) is 8.78 Å². The molecule has 0 radical (unpaired) electrons. The van der Waals surface area contributed by atoms with Crippen molar-refractivity contribution in [3.05, 3.63) is 139 Å². The molecule has 1 N–H and O–H groups in total. The van der Waals surface area contributed by atoms with Gasteiger partial charge in [-0.05, 0) is 131 Å². The van der Waals surface area contributed by atoms with Gasteiger partial charge in [0.2, 0.25) is 0 Å². The quantitative estimate of drug-likeness (QED) is 0.171. The zero-order chi connectivity index (χ0) is 47.1. The fraction of sp³-hybridized carbons (Fsp3) is 0.408. The van der Waals surface area contributed by atoms with Gasteiger partial charge in [-0.2, -0.15) is 5.10 Å². The van der Waals surface area contributed by atoms with Gasteiger partial charge < -0.3 is 14.2 Å². The lowest BCUT2D eigenvalue weighted by molar-refractivity contribution is -0.0592. The monoisotopic (exact) mass is 931 g/mol. The maximum absolute atomic E-state index is 16.4. The van der Waals surface area contributed by atoms with Crippen LogP contribution in [0.15, 0.2) is 84.3 Å². The molecule has 0 bridgehead atoms. The van der Waals surface area contributed by atoms with E-state index in [2.05, 4.69) is 53.5 Å². The highest BCUT2D eigenvalue weighted by molar-refractivity contribution is 7.93. The Balaban J connectivity index is 1.06. The smallest absolute Gasteiger partial charge is 0.376 e. The van der Waals surface area contributed by atoms with E-state index in [0.29, 0.717) is 69.8 Å². The van der Waals surface area contributed by atoms with Gasteiger partial charge in [-0.1, -0.05) is 18.1 Å². The van der Waals surface area contributed by atoms with Crippen molar-refractivity contribution in [1.29, 1.82) is 0 Å². The Morgan fingerprint density at radius 3 is 2.40 bits per heavy atom. The Morgan fingerprint density at radius 2 is 1.70 bits per heavy atom. The predicted molar refractivity (Wildman–Crippen MR) is 246 cm³/mol. The first kappa shape index (κ1) is 43.2. The molecule has 348 valence electrons. The summed E-state index contributed by atoms with van der Waals surface area (Å²) in [6, 6.07) is 13.9. The molecule has 0 unspecified atom stereocenters. The van der Waals surface area contributed by atoms with Crippen LogP contribution >= 0.6 is 0 Å². The number of fused-ring (bicyclic) bond motifs is 3. The zero-order valence-electron chi connectivity index (χ0n) is 38.4. The summed E-state index contributed by atoms with van der Waals surface area (Å²) in [6.07, 6.45) is 7.38. The van der Waals surface area contributed by atoms with Crippen LogP contribution in [0.1, 0.15) is 109 Å². The van der Waals surface area contributed by atoms with Gasteiger partial charge in [0, 0.05) is 60.3 Å². The van der Waals surface area contributed by atoms with E-state index < -0.39 is 38.6 Å². The fourth-order valence-electron chi connectivity index (χ4n) is 11.2. The molecule has 3 aromatic carbocycles. The van der Waals surface area contributed by atoms with Crippen LogP contribution < -0.4 is 11.4 Å². The number of ether oxygens (including phenoxy) is 1. The first-order valence-electron chi connectivity index (χ1n) is 22.7. The zero-order valence-corrected chi connectivity index (χ0v) is 39.2. The maximum atomic E-state index is 16.4. The number of halogens is 2. The van der Waals surface area contributed by atoms with Gasteiger partial charge in [-0.15, -0.1) is 0 Å². The van der Waals surface area contributed by atoms with Crippen molar-refractivity contribution < 1.29 is 27.0 Å². The molecule has 1 saturated carbocycles. The average Bonchev–Trinajstić information content (AvgIpc) is 3.77. The second-order valence-electron chi connectivity index (χ2n) is 19.5. The Labute approximate surface area is 384 Å². The number of H-pyrrole nitrogens is 1. The molecular weight excluding hydrogens is 881 g/mol. The minimum absolute atomic E-state index is 0.00827. The highest BCUT2D eigenvalue weighted by Gasteiger charge is 2.59. The molecule has 1 aliphatic carbocycles. The van der Waals surface area contributed by atoms with Crippen LogP contribution in [0.5, 0.6) is 0 Å². The summed E-state index contributed by atoms with van der Waals surface area (Å²) in [6.45, 7) is 12.6. The summed E-state index contributed by atoms with van der Waals surface area (Å²) < 4.78 is 66.4. The van der Waals surface area contributed by atoms with E-state index in [-0.39, 0.29) is 59.9 Å². The molecule has 1 amide bonds. The number of hydrogen-bond acceptors (Lipinski definition) is 9. The first-order chi connectivity index (χ1) is 31.9. The SMILES string of the molecule is Cc1cc(-n2nc3c(c2-n2ccn(-c4ccc5c(c4F)CCN=[S@]5(C)=O)c2=O)[C@H](C)N(C(=O)c2cc4cc([C@H]5CCOC(C)(C)C5)ccc4n2[C@@]2(c4noc(=O)[nH]4)C[C@@H]2C)CC3)cc(C)c1F. The van der Waals surface area contributed by atoms with E-state index in [1.54, 1.807) is 41.6 Å². The molecule has 5 atom stereocenters. The van der Waals surface area contributed by atoms with Crippen molar-refractivity contribution in [2.75, 3.05) is 26.0 Å². The Kier molecular flexibility index (Phi) is 9.70. The summed E-state index contributed by atoms with van der Waals surface area (Å²) >= 11 is 0. The Hall–Kier alpha value is -6.40. The largest absolute Gasteiger partial charge is 0.438 e. The lowest BCUT2D eigenvalue weighted by atomic mass is 9.83. The number of benzene rings is 3. The number of hydrogen-bond donors (Lipinski definition) is 1. The first-order valence-corrected chi connectivity index (χ1v) is 24.7. The van der Waals surface area contributed by atoms with Gasteiger partial charge >= 0.3 is 11.4 Å². The highest BCUT2D eigenvalue weighted by Crippen LogP contribution is 2.56. The van der Waals surface area contributed by atoms with Gasteiger partial charge in [-0.3, -0.25) is 23.4 Å². The van der Waals surface area contributed by atoms with Gasteiger partial charge in [0.05, 0.1) is 49.9 Å². The third-order valence-corrected chi connectivity index (χ3v) is 16.5. The third kappa shape index (κ3) is 6.64. The normalized spacial score (nSPS) is 24.4. The van der Waals surface area contributed by atoms with Crippen LogP contribution in [0.25, 0.3) is 28.1 Å². The van der Waals surface area contributed by atoms with Crippen LogP contribution in [0.2, 0.25) is 0 Å². The van der Waals surface area contributed by atoms with Crippen molar-refractivity contribution in [3.63, 3.8) is 0 Å².